The molecule has 1 amide bonds. The molecule has 2 heterocycles. The number of hydrogen-bond acceptors (Lipinski definition) is 3. The van der Waals surface area contributed by atoms with Gasteiger partial charge < -0.3 is 9.88 Å². The SMILES string of the molecule is CCn1cc(-c2ccc(C(=O)NCc3cncn3CC)cc2)cn1. The molecule has 2 aromatic heterocycles. The Morgan fingerprint density at radius 2 is 1.88 bits per heavy atom. The van der Waals surface area contributed by atoms with Crippen molar-refractivity contribution >= 4 is 5.91 Å². The maximum Gasteiger partial charge on any atom is 0.251 e. The maximum absolute atomic E-state index is 12.3. The van der Waals surface area contributed by atoms with Crippen molar-refractivity contribution in [3.8, 4) is 11.1 Å². The van der Waals surface area contributed by atoms with Crippen molar-refractivity contribution in [1.29, 1.82) is 0 Å². The molecule has 0 bridgehead atoms. The molecule has 0 radical (unpaired) electrons. The van der Waals surface area contributed by atoms with E-state index in [1.165, 1.54) is 0 Å². The number of aryl methyl sites for hydroxylation is 2. The van der Waals surface area contributed by atoms with Crippen molar-refractivity contribution in [3.05, 3.63) is 60.4 Å². The average molecular weight is 323 g/mol. The van der Waals surface area contributed by atoms with Crippen molar-refractivity contribution in [1.82, 2.24) is 24.6 Å². The predicted octanol–water partition coefficient (Wildman–Crippen LogP) is 2.72. The van der Waals surface area contributed by atoms with Crippen molar-refractivity contribution in [3.63, 3.8) is 0 Å². The van der Waals surface area contributed by atoms with Gasteiger partial charge in [-0.25, -0.2) is 4.98 Å². The van der Waals surface area contributed by atoms with Gasteiger partial charge in [0.05, 0.1) is 24.8 Å². The summed E-state index contributed by atoms with van der Waals surface area (Å²) in [4.78, 5) is 16.4. The number of nitrogens with zero attached hydrogens (tertiary/aromatic N) is 4. The van der Waals surface area contributed by atoms with Gasteiger partial charge >= 0.3 is 0 Å². The standard InChI is InChI=1S/C18H21N5O/c1-3-22-13-19-10-17(22)11-20-18(24)15-7-5-14(6-8-15)16-9-21-23(4-2)12-16/h5-10,12-13H,3-4,11H2,1-2H3,(H,20,24). The van der Waals surface area contributed by atoms with Crippen molar-refractivity contribution in [2.24, 2.45) is 0 Å². The van der Waals surface area contributed by atoms with Crippen LogP contribution in [-0.4, -0.2) is 25.2 Å². The van der Waals surface area contributed by atoms with Gasteiger partial charge in [-0.3, -0.25) is 9.48 Å². The van der Waals surface area contributed by atoms with E-state index >= 15 is 0 Å². The Bertz CT molecular complexity index is 816. The summed E-state index contributed by atoms with van der Waals surface area (Å²) in [7, 11) is 0. The number of carbonyl (C=O) groups excluding carboxylic acids is 1. The van der Waals surface area contributed by atoms with Crippen LogP contribution in [-0.2, 0) is 19.6 Å². The van der Waals surface area contributed by atoms with Crippen molar-refractivity contribution < 1.29 is 4.79 Å². The van der Waals surface area contributed by atoms with E-state index in [0.29, 0.717) is 12.1 Å². The van der Waals surface area contributed by atoms with Gasteiger partial charge in [0.1, 0.15) is 0 Å². The van der Waals surface area contributed by atoms with E-state index in [4.69, 9.17) is 0 Å². The monoisotopic (exact) mass is 323 g/mol. The zero-order valence-corrected chi connectivity index (χ0v) is 13.9. The normalized spacial score (nSPS) is 10.8. The molecule has 0 spiro atoms. The van der Waals surface area contributed by atoms with E-state index in [1.54, 1.807) is 12.5 Å². The van der Waals surface area contributed by atoms with E-state index < -0.39 is 0 Å². The maximum atomic E-state index is 12.3. The lowest BCUT2D eigenvalue weighted by Crippen LogP contribution is -2.24. The molecule has 0 saturated heterocycles. The second kappa shape index (κ2) is 7.12. The zero-order valence-electron chi connectivity index (χ0n) is 13.9. The molecule has 3 aromatic rings. The van der Waals surface area contributed by atoms with E-state index in [-0.39, 0.29) is 5.91 Å². The first-order valence-corrected chi connectivity index (χ1v) is 8.11. The number of amides is 1. The molecule has 24 heavy (non-hydrogen) atoms. The highest BCUT2D eigenvalue weighted by molar-refractivity contribution is 5.94. The lowest BCUT2D eigenvalue weighted by Gasteiger charge is -2.08. The van der Waals surface area contributed by atoms with E-state index in [9.17, 15) is 4.79 Å². The number of benzene rings is 1. The highest BCUT2D eigenvalue weighted by atomic mass is 16.1. The lowest BCUT2D eigenvalue weighted by molar-refractivity contribution is 0.0950. The van der Waals surface area contributed by atoms with E-state index in [2.05, 4.69) is 22.3 Å². The molecular formula is C18H21N5O. The molecule has 6 nitrogen and oxygen atoms in total. The van der Waals surface area contributed by atoms with Crippen LogP contribution in [0.3, 0.4) is 0 Å². The Kier molecular flexibility index (Phi) is 4.74. The Labute approximate surface area is 141 Å². The summed E-state index contributed by atoms with van der Waals surface area (Å²) in [6.07, 6.45) is 7.39. The van der Waals surface area contributed by atoms with Gasteiger partial charge in [-0.05, 0) is 31.5 Å². The predicted molar refractivity (Wildman–Crippen MR) is 92.4 cm³/mol. The third kappa shape index (κ3) is 3.37. The largest absolute Gasteiger partial charge is 0.346 e. The lowest BCUT2D eigenvalue weighted by atomic mass is 10.1. The van der Waals surface area contributed by atoms with Crippen LogP contribution >= 0.6 is 0 Å². The van der Waals surface area contributed by atoms with Crippen LogP contribution in [0.1, 0.15) is 29.9 Å². The highest BCUT2D eigenvalue weighted by Gasteiger charge is 2.08. The second-order valence-electron chi connectivity index (χ2n) is 5.52. The minimum absolute atomic E-state index is 0.0883. The van der Waals surface area contributed by atoms with E-state index in [0.717, 1.165) is 29.9 Å². The first-order valence-electron chi connectivity index (χ1n) is 8.11. The first-order chi connectivity index (χ1) is 11.7. The van der Waals surface area contributed by atoms with Gasteiger partial charge in [-0.1, -0.05) is 12.1 Å². The van der Waals surface area contributed by atoms with Crippen LogP contribution in [0.15, 0.2) is 49.2 Å². The number of nitrogens with one attached hydrogen (secondary N) is 1. The fourth-order valence-electron chi connectivity index (χ4n) is 2.55. The number of rotatable bonds is 6. The van der Waals surface area contributed by atoms with Gasteiger partial charge in [0, 0.05) is 36.6 Å². The molecule has 124 valence electrons. The minimum Gasteiger partial charge on any atom is -0.346 e. The van der Waals surface area contributed by atoms with Crippen molar-refractivity contribution in [2.75, 3.05) is 0 Å². The molecule has 0 aliphatic rings. The van der Waals surface area contributed by atoms with Crippen molar-refractivity contribution in [2.45, 2.75) is 33.5 Å². The Hall–Kier alpha value is -2.89. The molecule has 0 saturated carbocycles. The fraction of sp³-hybridized carbons (Fsp3) is 0.278. The summed E-state index contributed by atoms with van der Waals surface area (Å²) in [6, 6.07) is 7.57. The van der Waals surface area contributed by atoms with Gasteiger partial charge in [0.25, 0.3) is 5.91 Å². The van der Waals surface area contributed by atoms with Crippen LogP contribution in [0, 0.1) is 0 Å². The number of aromatic nitrogens is 4. The summed E-state index contributed by atoms with van der Waals surface area (Å²) in [5, 5.41) is 7.20. The van der Waals surface area contributed by atoms with Crippen LogP contribution in [0.4, 0.5) is 0 Å². The third-order valence-electron chi connectivity index (χ3n) is 4.01. The molecule has 0 fully saturated rings. The molecule has 6 heteroatoms. The summed E-state index contributed by atoms with van der Waals surface area (Å²) in [5.74, 6) is -0.0883. The summed E-state index contributed by atoms with van der Waals surface area (Å²) < 4.78 is 3.89. The number of carbonyl (C=O) groups is 1. The average Bonchev–Trinajstić information content (AvgIpc) is 3.28. The van der Waals surface area contributed by atoms with Crippen LogP contribution < -0.4 is 5.32 Å². The fourth-order valence-corrected chi connectivity index (χ4v) is 2.55. The van der Waals surface area contributed by atoms with Crippen LogP contribution in [0.25, 0.3) is 11.1 Å². The van der Waals surface area contributed by atoms with Crippen LogP contribution in [0.5, 0.6) is 0 Å². The van der Waals surface area contributed by atoms with Gasteiger partial charge in [-0.15, -0.1) is 0 Å². The number of hydrogen-bond donors (Lipinski definition) is 1. The Morgan fingerprint density at radius 1 is 1.08 bits per heavy atom. The molecule has 3 rings (SSSR count). The first kappa shape index (κ1) is 16.0. The number of imidazole rings is 1. The van der Waals surface area contributed by atoms with Gasteiger partial charge in [0.2, 0.25) is 0 Å². The highest BCUT2D eigenvalue weighted by Crippen LogP contribution is 2.19. The zero-order chi connectivity index (χ0) is 16.9. The van der Waals surface area contributed by atoms with Gasteiger partial charge in [0.15, 0.2) is 0 Å². The van der Waals surface area contributed by atoms with Gasteiger partial charge in [-0.2, -0.15) is 5.10 Å². The summed E-state index contributed by atoms with van der Waals surface area (Å²) >= 11 is 0. The Morgan fingerprint density at radius 3 is 2.54 bits per heavy atom. The molecule has 0 atom stereocenters. The Balaban J connectivity index is 1.65. The quantitative estimate of drug-likeness (QED) is 0.758. The summed E-state index contributed by atoms with van der Waals surface area (Å²) in [6.45, 7) is 6.25. The smallest absolute Gasteiger partial charge is 0.251 e. The molecular weight excluding hydrogens is 302 g/mol. The topological polar surface area (TPSA) is 64.7 Å². The molecule has 1 N–H and O–H groups in total. The molecule has 0 unspecified atom stereocenters. The van der Waals surface area contributed by atoms with E-state index in [1.807, 2.05) is 52.8 Å². The summed E-state index contributed by atoms with van der Waals surface area (Å²) in [5.41, 5.74) is 3.74. The minimum atomic E-state index is -0.0883. The molecule has 0 aliphatic heterocycles. The van der Waals surface area contributed by atoms with Crippen LogP contribution in [0.2, 0.25) is 0 Å². The second-order valence-corrected chi connectivity index (χ2v) is 5.52. The molecule has 1 aromatic carbocycles. The third-order valence-corrected chi connectivity index (χ3v) is 4.01. The molecule has 0 aliphatic carbocycles.